The number of aromatic nitrogens is 2. The van der Waals surface area contributed by atoms with E-state index in [0.717, 1.165) is 30.6 Å². The second-order valence-electron chi connectivity index (χ2n) is 4.66. The van der Waals surface area contributed by atoms with Crippen LogP contribution in [0.15, 0.2) is 6.20 Å². The van der Waals surface area contributed by atoms with Crippen molar-refractivity contribution in [3.63, 3.8) is 0 Å². The third-order valence-electron chi connectivity index (χ3n) is 2.94. The molecule has 1 amide bonds. The van der Waals surface area contributed by atoms with Crippen LogP contribution in [0.25, 0.3) is 0 Å². The minimum atomic E-state index is -0.179. The molecule has 0 aliphatic carbocycles. The first-order valence-corrected chi connectivity index (χ1v) is 6.54. The van der Waals surface area contributed by atoms with Gasteiger partial charge < -0.3 is 10.6 Å². The Labute approximate surface area is 109 Å². The van der Waals surface area contributed by atoms with E-state index in [2.05, 4.69) is 22.7 Å². The number of unbranched alkanes of at least 4 members (excludes halogenated alkanes) is 1. The summed E-state index contributed by atoms with van der Waals surface area (Å²) in [6.07, 6.45) is 4.10. The maximum Gasteiger partial charge on any atom is 0.236 e. The van der Waals surface area contributed by atoms with Crippen LogP contribution in [0.1, 0.15) is 37.9 Å². The van der Waals surface area contributed by atoms with Gasteiger partial charge in [-0.2, -0.15) is 5.10 Å². The van der Waals surface area contributed by atoms with Crippen molar-refractivity contribution < 1.29 is 4.79 Å². The van der Waals surface area contributed by atoms with Crippen molar-refractivity contribution in [1.29, 1.82) is 0 Å². The van der Waals surface area contributed by atoms with Crippen molar-refractivity contribution >= 4 is 5.91 Å². The van der Waals surface area contributed by atoms with E-state index in [1.807, 2.05) is 27.1 Å². The first-order chi connectivity index (χ1) is 8.54. The average molecular weight is 252 g/mol. The number of nitrogens with zero attached hydrogens (tertiary/aromatic N) is 2. The topological polar surface area (TPSA) is 59.0 Å². The summed E-state index contributed by atoms with van der Waals surface area (Å²) in [5, 5.41) is 10.4. The van der Waals surface area contributed by atoms with Crippen LogP contribution in [-0.4, -0.2) is 28.3 Å². The molecule has 1 atom stereocenters. The molecule has 1 rings (SSSR count). The Kier molecular flexibility index (Phi) is 5.85. The molecule has 1 heterocycles. The van der Waals surface area contributed by atoms with Gasteiger partial charge in [0.1, 0.15) is 0 Å². The molecule has 0 aromatic carbocycles. The first kappa shape index (κ1) is 14.7. The third-order valence-corrected chi connectivity index (χ3v) is 2.94. The van der Waals surface area contributed by atoms with Gasteiger partial charge in [-0.3, -0.25) is 9.48 Å². The summed E-state index contributed by atoms with van der Waals surface area (Å²) in [4.78, 5) is 11.7. The summed E-state index contributed by atoms with van der Waals surface area (Å²) >= 11 is 0. The van der Waals surface area contributed by atoms with Crippen LogP contribution in [-0.2, 0) is 18.4 Å². The first-order valence-electron chi connectivity index (χ1n) is 6.54. The zero-order valence-electron chi connectivity index (χ0n) is 11.8. The maximum atomic E-state index is 11.7. The van der Waals surface area contributed by atoms with Crippen molar-refractivity contribution in [3.05, 3.63) is 17.5 Å². The average Bonchev–Trinajstić information content (AvgIpc) is 2.65. The largest absolute Gasteiger partial charge is 0.355 e. The van der Waals surface area contributed by atoms with Crippen molar-refractivity contribution in [2.45, 2.75) is 46.2 Å². The monoisotopic (exact) mass is 252 g/mol. The molecule has 1 aromatic heterocycles. The number of nitrogens with one attached hydrogen (secondary N) is 2. The van der Waals surface area contributed by atoms with Gasteiger partial charge >= 0.3 is 0 Å². The minimum Gasteiger partial charge on any atom is -0.355 e. The van der Waals surface area contributed by atoms with Gasteiger partial charge in [-0.05, 0) is 20.3 Å². The predicted octanol–water partition coefficient (Wildman–Crippen LogP) is 1.12. The van der Waals surface area contributed by atoms with Gasteiger partial charge in [0, 0.05) is 31.9 Å². The van der Waals surface area contributed by atoms with Crippen LogP contribution in [0, 0.1) is 6.92 Å². The molecule has 0 bridgehead atoms. The predicted molar refractivity (Wildman–Crippen MR) is 72.2 cm³/mol. The van der Waals surface area contributed by atoms with E-state index in [4.69, 9.17) is 0 Å². The Balaban J connectivity index is 2.34. The van der Waals surface area contributed by atoms with Crippen LogP contribution >= 0.6 is 0 Å². The Bertz CT molecular complexity index is 386. The number of hydrogen-bond donors (Lipinski definition) is 2. The molecule has 0 aliphatic heterocycles. The standard InChI is InChI=1S/C13H24N4O/c1-5-6-7-14-13(18)11(3)15-8-12-9-17(4)16-10(12)2/h9,11,15H,5-8H2,1-4H3,(H,14,18). The van der Waals surface area contributed by atoms with Crippen molar-refractivity contribution in [2.24, 2.45) is 7.05 Å². The molecular weight excluding hydrogens is 228 g/mol. The van der Waals surface area contributed by atoms with Crippen molar-refractivity contribution in [2.75, 3.05) is 6.54 Å². The van der Waals surface area contributed by atoms with Gasteiger partial charge in [0.05, 0.1) is 11.7 Å². The molecule has 5 nitrogen and oxygen atoms in total. The van der Waals surface area contributed by atoms with Crippen molar-refractivity contribution in [1.82, 2.24) is 20.4 Å². The van der Waals surface area contributed by atoms with E-state index in [1.165, 1.54) is 0 Å². The highest BCUT2D eigenvalue weighted by atomic mass is 16.2. The number of carbonyl (C=O) groups is 1. The van der Waals surface area contributed by atoms with Crippen LogP contribution in [0.2, 0.25) is 0 Å². The van der Waals surface area contributed by atoms with E-state index in [1.54, 1.807) is 4.68 Å². The maximum absolute atomic E-state index is 11.7. The molecule has 102 valence electrons. The molecule has 0 aliphatic rings. The van der Waals surface area contributed by atoms with E-state index in [0.29, 0.717) is 6.54 Å². The molecule has 2 N–H and O–H groups in total. The Morgan fingerprint density at radius 2 is 2.28 bits per heavy atom. The lowest BCUT2D eigenvalue weighted by Crippen LogP contribution is -2.42. The molecular formula is C13H24N4O. The van der Waals surface area contributed by atoms with Gasteiger partial charge in [0.25, 0.3) is 0 Å². The lowest BCUT2D eigenvalue weighted by Gasteiger charge is -2.13. The minimum absolute atomic E-state index is 0.0602. The summed E-state index contributed by atoms with van der Waals surface area (Å²) in [6.45, 7) is 7.39. The normalized spacial score (nSPS) is 12.4. The van der Waals surface area contributed by atoms with E-state index in [9.17, 15) is 4.79 Å². The summed E-state index contributed by atoms with van der Waals surface area (Å²) in [7, 11) is 1.90. The Hall–Kier alpha value is -1.36. The van der Waals surface area contributed by atoms with E-state index < -0.39 is 0 Å². The van der Waals surface area contributed by atoms with E-state index in [-0.39, 0.29) is 11.9 Å². The number of rotatable bonds is 7. The number of aryl methyl sites for hydroxylation is 2. The molecule has 0 saturated carbocycles. The molecule has 0 saturated heterocycles. The molecule has 0 fully saturated rings. The van der Waals surface area contributed by atoms with Gasteiger partial charge in [0.15, 0.2) is 0 Å². The fourth-order valence-corrected chi connectivity index (χ4v) is 1.72. The number of carbonyl (C=O) groups excluding carboxylic acids is 1. The van der Waals surface area contributed by atoms with E-state index >= 15 is 0 Å². The number of hydrogen-bond acceptors (Lipinski definition) is 3. The summed E-state index contributed by atoms with van der Waals surface area (Å²) in [5.74, 6) is 0.0602. The smallest absolute Gasteiger partial charge is 0.236 e. The highest BCUT2D eigenvalue weighted by Crippen LogP contribution is 2.04. The Morgan fingerprint density at radius 1 is 1.56 bits per heavy atom. The summed E-state index contributed by atoms with van der Waals surface area (Å²) in [6, 6.07) is -0.179. The lowest BCUT2D eigenvalue weighted by molar-refractivity contribution is -0.122. The zero-order chi connectivity index (χ0) is 13.5. The van der Waals surface area contributed by atoms with Gasteiger partial charge in [-0.25, -0.2) is 0 Å². The fourth-order valence-electron chi connectivity index (χ4n) is 1.72. The van der Waals surface area contributed by atoms with Crippen molar-refractivity contribution in [3.8, 4) is 0 Å². The molecule has 0 radical (unpaired) electrons. The highest BCUT2D eigenvalue weighted by molar-refractivity contribution is 5.81. The summed E-state index contributed by atoms with van der Waals surface area (Å²) in [5.41, 5.74) is 2.13. The second-order valence-corrected chi connectivity index (χ2v) is 4.66. The zero-order valence-corrected chi connectivity index (χ0v) is 11.8. The molecule has 18 heavy (non-hydrogen) atoms. The van der Waals surface area contributed by atoms with Gasteiger partial charge in [0.2, 0.25) is 5.91 Å². The summed E-state index contributed by atoms with van der Waals surface area (Å²) < 4.78 is 1.79. The highest BCUT2D eigenvalue weighted by Gasteiger charge is 2.12. The van der Waals surface area contributed by atoms with Crippen LogP contribution in [0.5, 0.6) is 0 Å². The molecule has 5 heteroatoms. The molecule has 0 spiro atoms. The van der Waals surface area contributed by atoms with Gasteiger partial charge in [-0.15, -0.1) is 0 Å². The van der Waals surface area contributed by atoms with Crippen LogP contribution < -0.4 is 10.6 Å². The van der Waals surface area contributed by atoms with Crippen LogP contribution in [0.4, 0.5) is 0 Å². The quantitative estimate of drug-likeness (QED) is 0.715. The third kappa shape index (κ3) is 4.49. The SMILES string of the molecule is CCCCNC(=O)C(C)NCc1cn(C)nc1C. The lowest BCUT2D eigenvalue weighted by atomic mass is 10.2. The van der Waals surface area contributed by atoms with Gasteiger partial charge in [-0.1, -0.05) is 13.3 Å². The fraction of sp³-hybridized carbons (Fsp3) is 0.692. The molecule has 1 aromatic rings. The van der Waals surface area contributed by atoms with Crippen LogP contribution in [0.3, 0.4) is 0 Å². The number of amides is 1. The molecule has 1 unspecified atom stereocenters. The Morgan fingerprint density at radius 3 is 2.83 bits per heavy atom. The second kappa shape index (κ2) is 7.16.